The summed E-state index contributed by atoms with van der Waals surface area (Å²) in [5.74, 6) is 1.66. The van der Waals surface area contributed by atoms with Gasteiger partial charge in [0.15, 0.2) is 11.5 Å². The maximum absolute atomic E-state index is 12.9. The number of rotatable bonds is 5. The Morgan fingerprint density at radius 1 is 1.24 bits per heavy atom. The summed E-state index contributed by atoms with van der Waals surface area (Å²) in [6.07, 6.45) is 0.758. The van der Waals surface area contributed by atoms with Gasteiger partial charge >= 0.3 is 5.97 Å². The summed E-state index contributed by atoms with van der Waals surface area (Å²) in [6, 6.07) is 5.18. The third-order valence-electron chi connectivity index (χ3n) is 4.92. The maximum Gasteiger partial charge on any atom is 0.346 e. The number of hydrogen-bond acceptors (Lipinski definition) is 6. The quantitative estimate of drug-likeness (QED) is 0.607. The highest BCUT2D eigenvalue weighted by Gasteiger charge is 2.30. The van der Waals surface area contributed by atoms with E-state index in [1.54, 1.807) is 13.2 Å². The zero-order valence-corrected chi connectivity index (χ0v) is 18.9. The molecule has 0 radical (unpaired) electrons. The number of benzene rings is 2. The Kier molecular flexibility index (Phi) is 6.39. The van der Waals surface area contributed by atoms with Gasteiger partial charge in [0.25, 0.3) is 0 Å². The van der Waals surface area contributed by atoms with Crippen LogP contribution in [0.15, 0.2) is 22.7 Å². The molecular formula is C22H26BrNO5. The number of esters is 1. The Morgan fingerprint density at radius 2 is 1.97 bits per heavy atom. The van der Waals surface area contributed by atoms with Crippen molar-refractivity contribution in [1.82, 2.24) is 0 Å². The summed E-state index contributed by atoms with van der Waals surface area (Å²) in [4.78, 5) is 12.9. The lowest BCUT2D eigenvalue weighted by molar-refractivity contribution is 0.0453. The molecule has 0 amide bonds. The molecule has 2 aromatic carbocycles. The van der Waals surface area contributed by atoms with Gasteiger partial charge in [0.05, 0.1) is 19.8 Å². The molecule has 156 valence electrons. The van der Waals surface area contributed by atoms with E-state index in [9.17, 15) is 4.79 Å². The summed E-state index contributed by atoms with van der Waals surface area (Å²) < 4.78 is 23.7. The molecule has 29 heavy (non-hydrogen) atoms. The molecule has 2 aromatic rings. The number of nitrogens with two attached hydrogens (primary N) is 1. The highest BCUT2D eigenvalue weighted by Crippen LogP contribution is 2.46. The molecule has 1 aliphatic heterocycles. The Balaban J connectivity index is 2.18. The number of hydrogen-bond donors (Lipinski definition) is 1. The van der Waals surface area contributed by atoms with E-state index in [1.165, 1.54) is 7.11 Å². The van der Waals surface area contributed by atoms with Crippen LogP contribution in [-0.4, -0.2) is 20.2 Å². The first kappa shape index (κ1) is 21.5. The second kappa shape index (κ2) is 8.63. The van der Waals surface area contributed by atoms with E-state index in [-0.39, 0.29) is 18.2 Å². The van der Waals surface area contributed by atoms with E-state index in [0.717, 1.165) is 22.0 Å². The molecule has 0 spiro atoms. The lowest BCUT2D eigenvalue weighted by Gasteiger charge is -2.25. The van der Waals surface area contributed by atoms with E-state index in [0.29, 0.717) is 34.5 Å². The van der Waals surface area contributed by atoms with Gasteiger partial charge in [0.1, 0.15) is 23.7 Å². The van der Waals surface area contributed by atoms with Crippen LogP contribution in [0.25, 0.3) is 0 Å². The fourth-order valence-electron chi connectivity index (χ4n) is 3.53. The zero-order chi connectivity index (χ0) is 21.3. The fraction of sp³-hybridized carbons (Fsp3) is 0.409. The predicted molar refractivity (Wildman–Crippen MR) is 114 cm³/mol. The Morgan fingerprint density at radius 3 is 2.59 bits per heavy atom. The van der Waals surface area contributed by atoms with Crippen LogP contribution in [0.3, 0.4) is 0 Å². The molecule has 0 saturated heterocycles. The monoisotopic (exact) mass is 463 g/mol. The van der Waals surface area contributed by atoms with Crippen LogP contribution in [0, 0.1) is 12.8 Å². The SMILES string of the molecule is COc1cc(C)c(Br)c2c1Oc1ccc(C(N)CC(C)C)c(OC)c1C(=O)OC2. The highest BCUT2D eigenvalue weighted by atomic mass is 79.9. The van der Waals surface area contributed by atoms with Gasteiger partial charge in [-0.05, 0) is 59.0 Å². The molecule has 6 nitrogen and oxygen atoms in total. The molecule has 0 fully saturated rings. The lowest BCUT2D eigenvalue weighted by Crippen LogP contribution is -2.18. The number of methoxy groups -OCH3 is 2. The number of aryl methyl sites for hydroxylation is 1. The van der Waals surface area contributed by atoms with E-state index < -0.39 is 5.97 Å². The number of carbonyl (C=O) groups excluding carboxylic acids is 1. The molecule has 0 aliphatic carbocycles. The van der Waals surface area contributed by atoms with Crippen molar-refractivity contribution in [3.63, 3.8) is 0 Å². The minimum absolute atomic E-state index is 0.0393. The molecular weight excluding hydrogens is 438 g/mol. The number of cyclic esters (lactones) is 1. The summed E-state index contributed by atoms with van der Waals surface area (Å²) in [7, 11) is 3.09. The van der Waals surface area contributed by atoms with Gasteiger partial charge in [-0.3, -0.25) is 0 Å². The first-order valence-electron chi connectivity index (χ1n) is 9.45. The maximum atomic E-state index is 12.9. The van der Waals surface area contributed by atoms with Crippen LogP contribution >= 0.6 is 15.9 Å². The third kappa shape index (κ3) is 4.07. The standard InChI is InChI=1S/C22H26BrNO5/c1-11(2)8-15(24)13-6-7-16-18(21(13)27-5)22(25)28-10-14-19(23)12(3)9-17(26-4)20(14)29-16/h6-7,9,11,15H,8,10,24H2,1-5H3. The second-order valence-corrected chi connectivity index (χ2v) is 8.29. The Hall–Kier alpha value is -2.25. The third-order valence-corrected chi connectivity index (χ3v) is 6.02. The Labute approximate surface area is 179 Å². The van der Waals surface area contributed by atoms with E-state index in [4.69, 9.17) is 24.7 Å². The molecule has 0 saturated carbocycles. The average Bonchev–Trinajstić information content (AvgIpc) is 2.67. The Bertz CT molecular complexity index is 942. The van der Waals surface area contributed by atoms with Crippen LogP contribution < -0.4 is 19.9 Å². The number of fused-ring (bicyclic) bond motifs is 2. The van der Waals surface area contributed by atoms with E-state index in [2.05, 4.69) is 29.8 Å². The van der Waals surface area contributed by atoms with Gasteiger partial charge in [0.2, 0.25) is 0 Å². The molecule has 0 aromatic heterocycles. The smallest absolute Gasteiger partial charge is 0.346 e. The summed E-state index contributed by atoms with van der Waals surface area (Å²) in [5, 5.41) is 0. The van der Waals surface area contributed by atoms with Crippen LogP contribution in [0.1, 0.15) is 53.4 Å². The first-order valence-corrected chi connectivity index (χ1v) is 10.2. The largest absolute Gasteiger partial charge is 0.495 e. The van der Waals surface area contributed by atoms with Crippen molar-refractivity contribution >= 4 is 21.9 Å². The molecule has 1 atom stereocenters. The van der Waals surface area contributed by atoms with Crippen molar-refractivity contribution in [3.05, 3.63) is 44.9 Å². The van der Waals surface area contributed by atoms with Crippen LogP contribution in [0.5, 0.6) is 23.0 Å². The van der Waals surface area contributed by atoms with Gasteiger partial charge in [-0.25, -0.2) is 4.79 Å². The van der Waals surface area contributed by atoms with Gasteiger partial charge in [-0.2, -0.15) is 0 Å². The highest BCUT2D eigenvalue weighted by molar-refractivity contribution is 9.10. The predicted octanol–water partition coefficient (Wildman–Crippen LogP) is 5.28. The van der Waals surface area contributed by atoms with E-state index >= 15 is 0 Å². The van der Waals surface area contributed by atoms with Crippen molar-refractivity contribution in [3.8, 4) is 23.0 Å². The van der Waals surface area contributed by atoms with Crippen LogP contribution in [0.4, 0.5) is 0 Å². The van der Waals surface area contributed by atoms with Gasteiger partial charge in [-0.15, -0.1) is 0 Å². The van der Waals surface area contributed by atoms with Crippen molar-refractivity contribution in [2.75, 3.05) is 14.2 Å². The van der Waals surface area contributed by atoms with Gasteiger partial charge in [0, 0.05) is 16.1 Å². The summed E-state index contributed by atoms with van der Waals surface area (Å²) in [6.45, 7) is 6.17. The molecule has 1 heterocycles. The normalized spacial score (nSPS) is 14.1. The van der Waals surface area contributed by atoms with Crippen LogP contribution in [0.2, 0.25) is 0 Å². The number of carbonyl (C=O) groups is 1. The summed E-state index contributed by atoms with van der Waals surface area (Å²) >= 11 is 3.56. The summed E-state index contributed by atoms with van der Waals surface area (Å²) in [5.41, 5.74) is 9.02. The first-order chi connectivity index (χ1) is 13.8. The van der Waals surface area contributed by atoms with Crippen molar-refractivity contribution in [1.29, 1.82) is 0 Å². The zero-order valence-electron chi connectivity index (χ0n) is 17.3. The van der Waals surface area contributed by atoms with Gasteiger partial charge < -0.3 is 24.7 Å². The van der Waals surface area contributed by atoms with E-state index in [1.807, 2.05) is 19.1 Å². The number of ether oxygens (including phenoxy) is 4. The molecule has 0 bridgehead atoms. The average molecular weight is 464 g/mol. The minimum Gasteiger partial charge on any atom is -0.495 e. The van der Waals surface area contributed by atoms with Crippen LogP contribution in [-0.2, 0) is 11.3 Å². The number of halogens is 1. The fourth-order valence-corrected chi connectivity index (χ4v) is 3.94. The minimum atomic E-state index is -0.520. The van der Waals surface area contributed by atoms with Crippen molar-refractivity contribution in [2.45, 2.75) is 39.8 Å². The molecule has 2 N–H and O–H groups in total. The van der Waals surface area contributed by atoms with Crippen molar-refractivity contribution < 1.29 is 23.7 Å². The van der Waals surface area contributed by atoms with Crippen molar-refractivity contribution in [2.24, 2.45) is 11.7 Å². The topological polar surface area (TPSA) is 80.0 Å². The molecule has 1 aliphatic rings. The molecule has 1 unspecified atom stereocenters. The molecule has 7 heteroatoms. The second-order valence-electron chi connectivity index (χ2n) is 7.49. The lowest BCUT2D eigenvalue weighted by atomic mass is 9.94. The molecule has 3 rings (SSSR count). The van der Waals surface area contributed by atoms with Gasteiger partial charge in [-0.1, -0.05) is 13.8 Å².